The fraction of sp³-hybridized carbons (Fsp3) is 0.136. The molecule has 0 saturated heterocycles. The molecule has 1 fully saturated rings. The van der Waals surface area contributed by atoms with Crippen molar-refractivity contribution in [3.05, 3.63) is 84.6 Å². The molecule has 0 unspecified atom stereocenters. The molecule has 6 heteroatoms. The first kappa shape index (κ1) is 16.6. The Bertz CT molecular complexity index is 1130. The molecule has 1 saturated carbocycles. The largest absolute Gasteiger partial charge is 0.325 e. The number of halogens is 1. The standard InChI is InChI=1S/C22H17FN4O/c23-17-6-4-16(5-7-17)22(10-11-22)20(28)25-18-8-2-15(3-9-18)19-14-27-13-1-12-24-21(27)26-19/h1-9,12-14H,10-11H2,(H,25,28). The van der Waals surface area contributed by atoms with Crippen molar-refractivity contribution in [3.63, 3.8) is 0 Å². The van der Waals surface area contributed by atoms with Crippen LogP contribution in [-0.2, 0) is 10.2 Å². The fourth-order valence-corrected chi connectivity index (χ4v) is 3.48. The highest BCUT2D eigenvalue weighted by Gasteiger charge is 2.51. The molecule has 0 bridgehead atoms. The van der Waals surface area contributed by atoms with E-state index in [1.165, 1.54) is 12.1 Å². The number of nitrogens with one attached hydrogen (secondary N) is 1. The van der Waals surface area contributed by atoms with Crippen LogP contribution in [0.5, 0.6) is 0 Å². The normalized spacial score (nSPS) is 14.8. The number of aromatic nitrogens is 3. The van der Waals surface area contributed by atoms with Crippen molar-refractivity contribution in [2.24, 2.45) is 0 Å². The first-order valence-electron chi connectivity index (χ1n) is 9.12. The van der Waals surface area contributed by atoms with Crippen molar-refractivity contribution in [1.29, 1.82) is 0 Å². The summed E-state index contributed by atoms with van der Waals surface area (Å²) >= 11 is 0. The van der Waals surface area contributed by atoms with Gasteiger partial charge in [0.1, 0.15) is 5.82 Å². The van der Waals surface area contributed by atoms with E-state index in [0.717, 1.165) is 35.3 Å². The van der Waals surface area contributed by atoms with Crippen molar-refractivity contribution in [3.8, 4) is 11.3 Å². The molecular formula is C22H17FN4O. The van der Waals surface area contributed by atoms with Gasteiger partial charge in [0.05, 0.1) is 11.1 Å². The molecule has 1 N–H and O–H groups in total. The molecule has 1 aliphatic rings. The smallest absolute Gasteiger partial charge is 0.235 e. The Kier molecular flexibility index (Phi) is 3.72. The van der Waals surface area contributed by atoms with E-state index in [1.54, 1.807) is 18.3 Å². The van der Waals surface area contributed by atoms with Crippen LogP contribution in [0.2, 0.25) is 0 Å². The van der Waals surface area contributed by atoms with Crippen LogP contribution in [0, 0.1) is 5.82 Å². The van der Waals surface area contributed by atoms with Crippen LogP contribution in [0.25, 0.3) is 17.0 Å². The molecular weight excluding hydrogens is 355 g/mol. The predicted octanol–water partition coefficient (Wildman–Crippen LogP) is 4.21. The van der Waals surface area contributed by atoms with Gasteiger partial charge in [-0.3, -0.25) is 9.20 Å². The molecule has 4 aromatic rings. The Labute approximate surface area is 160 Å². The van der Waals surface area contributed by atoms with E-state index in [2.05, 4.69) is 15.3 Å². The maximum absolute atomic E-state index is 13.2. The number of carbonyl (C=O) groups is 1. The third-order valence-electron chi connectivity index (χ3n) is 5.26. The third-order valence-corrected chi connectivity index (χ3v) is 5.26. The molecule has 0 spiro atoms. The fourth-order valence-electron chi connectivity index (χ4n) is 3.48. The maximum atomic E-state index is 13.2. The summed E-state index contributed by atoms with van der Waals surface area (Å²) < 4.78 is 15.0. The van der Waals surface area contributed by atoms with Gasteiger partial charge in [-0.2, -0.15) is 0 Å². The van der Waals surface area contributed by atoms with Crippen LogP contribution in [0.4, 0.5) is 10.1 Å². The number of amides is 1. The van der Waals surface area contributed by atoms with E-state index in [-0.39, 0.29) is 11.7 Å². The minimum Gasteiger partial charge on any atom is -0.325 e. The summed E-state index contributed by atoms with van der Waals surface area (Å²) in [7, 11) is 0. The van der Waals surface area contributed by atoms with Crippen LogP contribution in [0.15, 0.2) is 73.2 Å². The number of carbonyl (C=O) groups excluding carboxylic acids is 1. The summed E-state index contributed by atoms with van der Waals surface area (Å²) in [6.07, 6.45) is 7.08. The van der Waals surface area contributed by atoms with Crippen molar-refractivity contribution in [2.45, 2.75) is 18.3 Å². The second-order valence-electron chi connectivity index (χ2n) is 7.07. The highest BCUT2D eigenvalue weighted by molar-refractivity contribution is 6.01. The van der Waals surface area contributed by atoms with Gasteiger partial charge in [0, 0.05) is 29.8 Å². The lowest BCUT2D eigenvalue weighted by atomic mass is 9.95. The van der Waals surface area contributed by atoms with E-state index >= 15 is 0 Å². The highest BCUT2D eigenvalue weighted by atomic mass is 19.1. The minimum atomic E-state index is -0.542. The average molecular weight is 372 g/mol. The van der Waals surface area contributed by atoms with Gasteiger partial charge >= 0.3 is 0 Å². The monoisotopic (exact) mass is 372 g/mol. The summed E-state index contributed by atoms with van der Waals surface area (Å²) in [6.45, 7) is 0. The van der Waals surface area contributed by atoms with Crippen LogP contribution in [0.1, 0.15) is 18.4 Å². The Hall–Kier alpha value is -3.54. The molecule has 5 rings (SSSR count). The van der Waals surface area contributed by atoms with Gasteiger partial charge in [0.2, 0.25) is 11.7 Å². The third kappa shape index (κ3) is 2.83. The molecule has 2 aromatic heterocycles. The zero-order valence-corrected chi connectivity index (χ0v) is 15.0. The van der Waals surface area contributed by atoms with E-state index in [1.807, 2.05) is 47.1 Å². The summed E-state index contributed by atoms with van der Waals surface area (Å²) in [5.74, 6) is 0.298. The van der Waals surface area contributed by atoms with Gasteiger partial charge in [0.25, 0.3) is 0 Å². The van der Waals surface area contributed by atoms with Gasteiger partial charge in [-0.15, -0.1) is 0 Å². The number of imidazole rings is 1. The molecule has 1 aliphatic carbocycles. The van der Waals surface area contributed by atoms with Gasteiger partial charge < -0.3 is 5.32 Å². The molecule has 1 amide bonds. The molecule has 0 aliphatic heterocycles. The SMILES string of the molecule is O=C(Nc1ccc(-c2cn3cccnc3n2)cc1)C1(c2ccc(F)cc2)CC1. The highest BCUT2D eigenvalue weighted by Crippen LogP contribution is 2.49. The lowest BCUT2D eigenvalue weighted by molar-refractivity contribution is -0.118. The van der Waals surface area contributed by atoms with Crippen molar-refractivity contribution < 1.29 is 9.18 Å². The van der Waals surface area contributed by atoms with E-state index in [0.29, 0.717) is 5.78 Å². The first-order chi connectivity index (χ1) is 13.6. The molecule has 5 nitrogen and oxygen atoms in total. The minimum absolute atomic E-state index is 0.0520. The zero-order valence-electron chi connectivity index (χ0n) is 15.0. The van der Waals surface area contributed by atoms with Crippen LogP contribution >= 0.6 is 0 Å². The summed E-state index contributed by atoms with van der Waals surface area (Å²) in [5, 5.41) is 2.99. The van der Waals surface area contributed by atoms with Crippen molar-refractivity contribution in [1.82, 2.24) is 14.4 Å². The van der Waals surface area contributed by atoms with Crippen LogP contribution in [0.3, 0.4) is 0 Å². The summed E-state index contributed by atoms with van der Waals surface area (Å²) in [6, 6.07) is 15.6. The Morgan fingerprint density at radius 3 is 2.50 bits per heavy atom. The number of benzene rings is 2. The second-order valence-corrected chi connectivity index (χ2v) is 7.07. The summed E-state index contributed by atoms with van der Waals surface area (Å²) in [4.78, 5) is 21.6. The lowest BCUT2D eigenvalue weighted by Crippen LogP contribution is -2.27. The number of fused-ring (bicyclic) bond motifs is 1. The van der Waals surface area contributed by atoms with E-state index in [9.17, 15) is 9.18 Å². The zero-order chi connectivity index (χ0) is 19.1. The molecule has 0 radical (unpaired) electrons. The van der Waals surface area contributed by atoms with Crippen LogP contribution in [-0.4, -0.2) is 20.3 Å². The number of anilines is 1. The molecule has 2 heterocycles. The number of hydrogen-bond donors (Lipinski definition) is 1. The van der Waals surface area contributed by atoms with E-state index in [4.69, 9.17) is 0 Å². The number of hydrogen-bond acceptors (Lipinski definition) is 3. The second kappa shape index (κ2) is 6.27. The van der Waals surface area contributed by atoms with Gasteiger partial charge in [-0.25, -0.2) is 14.4 Å². The maximum Gasteiger partial charge on any atom is 0.235 e. The Morgan fingerprint density at radius 2 is 1.82 bits per heavy atom. The van der Waals surface area contributed by atoms with Gasteiger partial charge in [-0.1, -0.05) is 24.3 Å². The number of nitrogens with zero attached hydrogens (tertiary/aromatic N) is 3. The van der Waals surface area contributed by atoms with Gasteiger partial charge in [0.15, 0.2) is 0 Å². The summed E-state index contributed by atoms with van der Waals surface area (Å²) in [5.41, 5.74) is 2.81. The van der Waals surface area contributed by atoms with E-state index < -0.39 is 5.41 Å². The molecule has 138 valence electrons. The molecule has 0 atom stereocenters. The van der Waals surface area contributed by atoms with Crippen molar-refractivity contribution >= 4 is 17.4 Å². The lowest BCUT2D eigenvalue weighted by Gasteiger charge is -2.16. The predicted molar refractivity (Wildman–Crippen MR) is 104 cm³/mol. The quantitative estimate of drug-likeness (QED) is 0.584. The topological polar surface area (TPSA) is 59.3 Å². The first-order valence-corrected chi connectivity index (χ1v) is 9.12. The average Bonchev–Trinajstić information content (AvgIpc) is 3.42. The van der Waals surface area contributed by atoms with Gasteiger partial charge in [-0.05, 0) is 48.7 Å². The van der Waals surface area contributed by atoms with Crippen LogP contribution < -0.4 is 5.32 Å². The number of rotatable bonds is 4. The Balaban J connectivity index is 1.35. The molecule has 2 aromatic carbocycles. The Morgan fingerprint density at radius 1 is 1.07 bits per heavy atom. The molecule has 28 heavy (non-hydrogen) atoms. The van der Waals surface area contributed by atoms with Crippen molar-refractivity contribution in [2.75, 3.05) is 5.32 Å².